The van der Waals surface area contributed by atoms with Crippen LogP contribution in [0.4, 0.5) is 13.2 Å². The fourth-order valence-corrected chi connectivity index (χ4v) is 2.79. The molecule has 0 saturated heterocycles. The lowest BCUT2D eigenvalue weighted by atomic mass is 10.1. The van der Waals surface area contributed by atoms with Crippen molar-refractivity contribution < 1.29 is 22.5 Å². The van der Waals surface area contributed by atoms with Gasteiger partial charge in [0.05, 0.1) is 12.2 Å². The summed E-state index contributed by atoms with van der Waals surface area (Å²) in [7, 11) is 0. The predicted octanol–water partition coefficient (Wildman–Crippen LogP) is 4.09. The highest BCUT2D eigenvalue weighted by atomic mass is 32.2. The van der Waals surface area contributed by atoms with Gasteiger partial charge in [0.2, 0.25) is 0 Å². The summed E-state index contributed by atoms with van der Waals surface area (Å²) < 4.78 is 59.1. The highest BCUT2D eigenvalue weighted by molar-refractivity contribution is 7.90. The molecule has 0 heterocycles. The maximum atomic E-state index is 13.1. The van der Waals surface area contributed by atoms with Crippen molar-refractivity contribution in [3.05, 3.63) is 29.3 Å². The van der Waals surface area contributed by atoms with E-state index in [9.17, 15) is 17.7 Å². The maximum Gasteiger partial charge on any atom is 0.419 e. The Balaban J connectivity index is 2.00. The molecule has 1 aromatic rings. The van der Waals surface area contributed by atoms with E-state index in [1.165, 1.54) is 12.1 Å². The van der Waals surface area contributed by atoms with E-state index >= 15 is 0 Å². The molecule has 1 N–H and O–H groups in total. The molecule has 1 aliphatic carbocycles. The first-order valence-corrected chi connectivity index (χ1v) is 9.20. The molecule has 7 heteroatoms. The highest BCUT2D eigenvalue weighted by Gasteiger charge is 2.35. The number of alkyl halides is 3. The monoisotopic (exact) mass is 363 g/mol. The van der Waals surface area contributed by atoms with Crippen molar-refractivity contribution in [3.8, 4) is 5.75 Å². The quantitative estimate of drug-likeness (QED) is 0.742. The van der Waals surface area contributed by atoms with Crippen LogP contribution in [0.1, 0.15) is 44.7 Å². The number of hydrogen-bond donors (Lipinski definition) is 1. The van der Waals surface area contributed by atoms with E-state index in [0.717, 1.165) is 24.5 Å². The molecule has 1 atom stereocenters. The van der Waals surface area contributed by atoms with Crippen molar-refractivity contribution in [3.63, 3.8) is 0 Å². The van der Waals surface area contributed by atoms with Gasteiger partial charge in [-0.3, -0.25) is 0 Å². The lowest BCUT2D eigenvalue weighted by Gasteiger charge is -2.23. The van der Waals surface area contributed by atoms with E-state index in [1.807, 2.05) is 20.8 Å². The largest absolute Gasteiger partial charge is 0.598 e. The third kappa shape index (κ3) is 5.86. The molecule has 1 saturated carbocycles. The SMILES string of the molecule is CC(C)(C)[S@+]([O-])NCCc1ccc(C(F)(F)F)c(OCC2CC2)c1. The molecule has 0 aliphatic heterocycles. The van der Waals surface area contributed by atoms with Gasteiger partial charge in [0.15, 0.2) is 0 Å². The Morgan fingerprint density at radius 2 is 1.92 bits per heavy atom. The first kappa shape index (κ1) is 19.4. The molecule has 0 bridgehead atoms. The topological polar surface area (TPSA) is 44.3 Å². The van der Waals surface area contributed by atoms with Crippen LogP contribution in [0.2, 0.25) is 0 Å². The van der Waals surface area contributed by atoms with Gasteiger partial charge >= 0.3 is 6.18 Å². The van der Waals surface area contributed by atoms with Crippen molar-refractivity contribution in [2.75, 3.05) is 13.2 Å². The Bertz CT molecular complexity index is 554. The molecule has 1 aromatic carbocycles. The lowest BCUT2D eigenvalue weighted by Crippen LogP contribution is -2.40. The van der Waals surface area contributed by atoms with E-state index in [4.69, 9.17) is 4.74 Å². The summed E-state index contributed by atoms with van der Waals surface area (Å²) in [5, 5.41) is 0. The molecule has 0 aromatic heterocycles. The van der Waals surface area contributed by atoms with E-state index in [1.54, 1.807) is 0 Å². The first-order chi connectivity index (χ1) is 11.1. The predicted molar refractivity (Wildman–Crippen MR) is 89.3 cm³/mol. The van der Waals surface area contributed by atoms with Crippen LogP contribution >= 0.6 is 0 Å². The Morgan fingerprint density at radius 3 is 2.46 bits per heavy atom. The number of rotatable bonds is 7. The summed E-state index contributed by atoms with van der Waals surface area (Å²) in [6, 6.07) is 3.97. The van der Waals surface area contributed by atoms with Crippen LogP contribution in [0.3, 0.4) is 0 Å². The Labute approximate surface area is 144 Å². The Morgan fingerprint density at radius 1 is 1.25 bits per heavy atom. The Hall–Kier alpha value is -0.920. The first-order valence-electron chi connectivity index (χ1n) is 8.05. The van der Waals surface area contributed by atoms with Gasteiger partial charge in [-0.05, 0) is 63.6 Å². The summed E-state index contributed by atoms with van der Waals surface area (Å²) >= 11 is -1.20. The van der Waals surface area contributed by atoms with Crippen molar-refractivity contribution in [1.29, 1.82) is 0 Å². The van der Waals surface area contributed by atoms with E-state index in [2.05, 4.69) is 4.72 Å². The number of ether oxygens (including phenoxy) is 1. The average molecular weight is 363 g/mol. The second-order valence-corrected chi connectivity index (χ2v) is 9.16. The molecule has 1 fully saturated rings. The van der Waals surface area contributed by atoms with E-state index in [-0.39, 0.29) is 10.5 Å². The summed E-state index contributed by atoms with van der Waals surface area (Å²) in [5.41, 5.74) is -0.00895. The summed E-state index contributed by atoms with van der Waals surface area (Å²) in [5.74, 6) is 0.273. The van der Waals surface area contributed by atoms with Crippen molar-refractivity contribution in [1.82, 2.24) is 4.72 Å². The number of nitrogens with one attached hydrogen (secondary N) is 1. The zero-order chi connectivity index (χ0) is 18.0. The third-order valence-corrected chi connectivity index (χ3v) is 5.30. The van der Waals surface area contributed by atoms with Crippen molar-refractivity contribution >= 4 is 11.4 Å². The summed E-state index contributed by atoms with van der Waals surface area (Å²) in [4.78, 5) is 0. The molecule has 0 spiro atoms. The normalized spacial score (nSPS) is 17.0. The summed E-state index contributed by atoms with van der Waals surface area (Å²) in [6.07, 6.45) is -1.91. The molecular formula is C17H24F3NO2S. The van der Waals surface area contributed by atoms with Crippen molar-refractivity contribution in [2.45, 2.75) is 51.0 Å². The second kappa shape index (κ2) is 7.54. The molecular weight excluding hydrogens is 339 g/mol. The van der Waals surface area contributed by atoms with E-state index < -0.39 is 23.1 Å². The van der Waals surface area contributed by atoms with Crippen molar-refractivity contribution in [2.24, 2.45) is 5.92 Å². The number of hydrogen-bond acceptors (Lipinski definition) is 3. The summed E-state index contributed by atoms with van der Waals surface area (Å²) in [6.45, 7) is 6.34. The number of halogens is 3. The fraction of sp³-hybridized carbons (Fsp3) is 0.647. The molecule has 0 radical (unpaired) electrons. The van der Waals surface area contributed by atoms with Gasteiger partial charge in [-0.15, -0.1) is 4.72 Å². The molecule has 3 nitrogen and oxygen atoms in total. The highest BCUT2D eigenvalue weighted by Crippen LogP contribution is 2.38. The van der Waals surface area contributed by atoms with Crippen LogP contribution in [-0.4, -0.2) is 22.5 Å². The molecule has 136 valence electrons. The molecule has 0 unspecified atom stereocenters. The molecule has 1 aliphatic rings. The van der Waals surface area contributed by atoms with Gasteiger partial charge < -0.3 is 9.29 Å². The van der Waals surface area contributed by atoms with Crippen LogP contribution < -0.4 is 9.46 Å². The minimum Gasteiger partial charge on any atom is -0.598 e. The lowest BCUT2D eigenvalue weighted by molar-refractivity contribution is -0.139. The van der Waals surface area contributed by atoms with Crippen LogP contribution in [0.15, 0.2) is 18.2 Å². The van der Waals surface area contributed by atoms with Crippen LogP contribution in [0.5, 0.6) is 5.75 Å². The maximum absolute atomic E-state index is 13.1. The van der Waals surface area contributed by atoms with Gasteiger partial charge in [0.25, 0.3) is 0 Å². The van der Waals surface area contributed by atoms with Crippen LogP contribution in [-0.2, 0) is 24.0 Å². The second-order valence-electron chi connectivity index (χ2n) is 7.11. The standard InChI is InChI=1S/C17H24F3NO2S/c1-16(2,3)24(22)21-9-8-12-6-7-14(17(18,19)20)15(10-12)23-11-13-4-5-13/h6-7,10,13,21H,4-5,8-9,11H2,1-3H3/t24-/m0/s1. The van der Waals surface area contributed by atoms with Gasteiger partial charge in [-0.2, -0.15) is 13.2 Å². The van der Waals surface area contributed by atoms with E-state index in [0.29, 0.717) is 25.5 Å². The van der Waals surface area contributed by atoms with Gasteiger partial charge in [0, 0.05) is 17.9 Å². The zero-order valence-electron chi connectivity index (χ0n) is 14.2. The molecule has 2 rings (SSSR count). The fourth-order valence-electron chi connectivity index (χ4n) is 2.07. The molecule has 0 amide bonds. The van der Waals surface area contributed by atoms with Crippen LogP contribution in [0.25, 0.3) is 0 Å². The van der Waals surface area contributed by atoms with Crippen LogP contribution in [0, 0.1) is 5.92 Å². The minimum atomic E-state index is -4.43. The third-order valence-electron chi connectivity index (χ3n) is 3.73. The number of benzene rings is 1. The zero-order valence-corrected chi connectivity index (χ0v) is 15.0. The average Bonchev–Trinajstić information content (AvgIpc) is 3.27. The van der Waals surface area contributed by atoms with Gasteiger partial charge in [-0.25, -0.2) is 0 Å². The van der Waals surface area contributed by atoms with Gasteiger partial charge in [-0.1, -0.05) is 6.07 Å². The Kier molecular flexibility index (Phi) is 6.09. The van der Waals surface area contributed by atoms with Gasteiger partial charge in [0.1, 0.15) is 10.5 Å². The molecule has 24 heavy (non-hydrogen) atoms. The minimum absolute atomic E-state index is 0.108. The smallest absolute Gasteiger partial charge is 0.419 e.